The summed E-state index contributed by atoms with van der Waals surface area (Å²) in [6.45, 7) is -0.814. The van der Waals surface area contributed by atoms with Crippen molar-refractivity contribution in [3.63, 3.8) is 0 Å². The second kappa shape index (κ2) is 11.0. The number of nitrogens with one attached hydrogen (secondary N) is 1. The van der Waals surface area contributed by atoms with Crippen molar-refractivity contribution in [2.45, 2.75) is 30.8 Å². The number of hydrogen-bond acceptors (Lipinski definition) is 4. The van der Waals surface area contributed by atoms with E-state index in [1.54, 1.807) is 24.3 Å². The monoisotopic (exact) mass is 434 g/mol. The summed E-state index contributed by atoms with van der Waals surface area (Å²) >= 11 is 1.38. The largest absolute Gasteiger partial charge is 0.435 e. The van der Waals surface area contributed by atoms with Crippen LogP contribution in [0.4, 0.5) is 8.78 Å². The van der Waals surface area contributed by atoms with E-state index in [0.717, 1.165) is 36.4 Å². The molecule has 160 valence electrons. The molecule has 0 aliphatic carbocycles. The fraction of sp³-hybridized carbons (Fsp3) is 0.364. The molecule has 1 heterocycles. The van der Waals surface area contributed by atoms with Crippen molar-refractivity contribution in [1.29, 1.82) is 0 Å². The Morgan fingerprint density at radius 1 is 1.07 bits per heavy atom. The molecule has 1 aliphatic heterocycles. The summed E-state index contributed by atoms with van der Waals surface area (Å²) in [6, 6.07) is 13.6. The molecule has 0 saturated carbocycles. The van der Waals surface area contributed by atoms with Crippen LogP contribution in [0.25, 0.3) is 0 Å². The van der Waals surface area contributed by atoms with Gasteiger partial charge in [-0.3, -0.25) is 9.59 Å². The number of likely N-dealkylation sites (tertiary alicyclic amines) is 1. The molecule has 5 nitrogen and oxygen atoms in total. The first kappa shape index (κ1) is 22.1. The third-order valence-corrected chi connectivity index (χ3v) is 5.85. The Bertz CT molecular complexity index is 856. The number of alkyl halides is 2. The number of nitrogens with zero attached hydrogens (tertiary/aromatic N) is 1. The van der Waals surface area contributed by atoms with Gasteiger partial charge in [-0.15, -0.1) is 11.8 Å². The fourth-order valence-corrected chi connectivity index (χ4v) is 4.18. The minimum absolute atomic E-state index is 0.104. The average Bonchev–Trinajstić information content (AvgIpc) is 3.28. The van der Waals surface area contributed by atoms with Crippen LogP contribution in [-0.2, 0) is 11.2 Å². The molecule has 2 aromatic carbocycles. The minimum Gasteiger partial charge on any atom is -0.435 e. The van der Waals surface area contributed by atoms with Crippen LogP contribution in [0.2, 0.25) is 0 Å². The van der Waals surface area contributed by atoms with E-state index in [0.29, 0.717) is 24.3 Å². The Labute approximate surface area is 178 Å². The second-order valence-electron chi connectivity index (χ2n) is 6.90. The van der Waals surface area contributed by atoms with Crippen LogP contribution in [0.1, 0.15) is 28.8 Å². The highest BCUT2D eigenvalue weighted by Crippen LogP contribution is 2.24. The highest BCUT2D eigenvalue weighted by Gasteiger charge is 2.19. The molecule has 3 rings (SSSR count). The summed E-state index contributed by atoms with van der Waals surface area (Å²) in [5.41, 5.74) is 1.44. The number of thioether (sulfide) groups is 1. The van der Waals surface area contributed by atoms with E-state index in [1.807, 2.05) is 17.0 Å². The van der Waals surface area contributed by atoms with E-state index in [2.05, 4.69) is 10.1 Å². The number of hydrogen-bond donors (Lipinski definition) is 1. The maximum Gasteiger partial charge on any atom is 0.387 e. The summed E-state index contributed by atoms with van der Waals surface area (Å²) in [5.74, 6) is 0.320. The van der Waals surface area contributed by atoms with E-state index in [1.165, 1.54) is 23.9 Å². The van der Waals surface area contributed by atoms with Crippen LogP contribution < -0.4 is 10.1 Å². The van der Waals surface area contributed by atoms with E-state index >= 15 is 0 Å². The molecule has 0 spiro atoms. The molecular formula is C22H24F2N2O3S. The number of rotatable bonds is 9. The highest BCUT2D eigenvalue weighted by atomic mass is 32.2. The molecule has 0 aromatic heterocycles. The molecule has 0 bridgehead atoms. The van der Waals surface area contributed by atoms with Gasteiger partial charge in [0.05, 0.1) is 11.3 Å². The minimum atomic E-state index is -2.85. The molecule has 1 N–H and O–H groups in total. The van der Waals surface area contributed by atoms with Crippen LogP contribution in [0.15, 0.2) is 53.4 Å². The van der Waals surface area contributed by atoms with Gasteiger partial charge in [-0.1, -0.05) is 24.3 Å². The normalized spacial score (nSPS) is 13.5. The van der Waals surface area contributed by atoms with Crippen LogP contribution in [-0.4, -0.2) is 48.7 Å². The summed E-state index contributed by atoms with van der Waals surface area (Å²) in [6.07, 6.45) is 2.66. The highest BCUT2D eigenvalue weighted by molar-refractivity contribution is 8.00. The van der Waals surface area contributed by atoms with Crippen LogP contribution in [0.5, 0.6) is 5.75 Å². The van der Waals surface area contributed by atoms with Gasteiger partial charge >= 0.3 is 6.61 Å². The zero-order valence-corrected chi connectivity index (χ0v) is 17.3. The molecular weight excluding hydrogens is 410 g/mol. The van der Waals surface area contributed by atoms with Crippen LogP contribution in [0, 0.1) is 0 Å². The van der Waals surface area contributed by atoms with Gasteiger partial charge in [-0.25, -0.2) is 0 Å². The third-order valence-electron chi connectivity index (χ3n) is 4.79. The smallest absolute Gasteiger partial charge is 0.387 e. The average molecular weight is 435 g/mol. The number of amides is 2. The van der Waals surface area contributed by atoms with Gasteiger partial charge in [-0.05, 0) is 49.1 Å². The van der Waals surface area contributed by atoms with Gasteiger partial charge < -0.3 is 15.0 Å². The Morgan fingerprint density at radius 2 is 1.77 bits per heavy atom. The van der Waals surface area contributed by atoms with Gasteiger partial charge in [0.1, 0.15) is 5.75 Å². The molecule has 8 heteroatoms. The van der Waals surface area contributed by atoms with Gasteiger partial charge in [-0.2, -0.15) is 8.78 Å². The molecule has 2 amide bonds. The lowest BCUT2D eigenvalue weighted by Crippen LogP contribution is -2.29. The second-order valence-corrected chi connectivity index (χ2v) is 7.92. The number of carbonyl (C=O) groups excluding carboxylic acids is 2. The van der Waals surface area contributed by atoms with E-state index in [-0.39, 0.29) is 17.6 Å². The van der Waals surface area contributed by atoms with Crippen molar-refractivity contribution in [3.05, 3.63) is 59.7 Å². The van der Waals surface area contributed by atoms with Crippen LogP contribution >= 0.6 is 11.8 Å². The molecule has 1 saturated heterocycles. The van der Waals surface area contributed by atoms with Crippen molar-refractivity contribution in [3.8, 4) is 5.75 Å². The van der Waals surface area contributed by atoms with E-state index in [4.69, 9.17) is 0 Å². The first-order chi connectivity index (χ1) is 14.5. The molecule has 0 radical (unpaired) electrons. The number of carbonyl (C=O) groups is 2. The molecule has 0 unspecified atom stereocenters. The first-order valence-electron chi connectivity index (χ1n) is 9.84. The summed E-state index contributed by atoms with van der Waals surface area (Å²) < 4.78 is 28.7. The predicted molar refractivity (Wildman–Crippen MR) is 112 cm³/mol. The maximum absolute atomic E-state index is 12.6. The summed E-state index contributed by atoms with van der Waals surface area (Å²) in [4.78, 5) is 27.5. The molecule has 1 aliphatic rings. The van der Waals surface area contributed by atoms with Gasteiger partial charge in [0.25, 0.3) is 5.91 Å². The summed E-state index contributed by atoms with van der Waals surface area (Å²) in [5, 5.41) is 2.88. The number of benzene rings is 2. The Kier molecular flexibility index (Phi) is 8.07. The Morgan fingerprint density at radius 3 is 2.47 bits per heavy atom. The zero-order valence-electron chi connectivity index (χ0n) is 16.5. The lowest BCUT2D eigenvalue weighted by Gasteiger charge is -2.15. The van der Waals surface area contributed by atoms with Crippen molar-refractivity contribution in [2.24, 2.45) is 0 Å². The molecule has 30 heavy (non-hydrogen) atoms. The Balaban J connectivity index is 1.49. The molecule has 0 atom stereocenters. The fourth-order valence-electron chi connectivity index (χ4n) is 3.23. The topological polar surface area (TPSA) is 58.6 Å². The zero-order chi connectivity index (χ0) is 21.3. The van der Waals surface area contributed by atoms with Gasteiger partial charge in [0.15, 0.2) is 0 Å². The summed E-state index contributed by atoms with van der Waals surface area (Å²) in [7, 11) is 0. The van der Waals surface area contributed by atoms with Crippen LogP contribution in [0.3, 0.4) is 0 Å². The molecule has 1 fully saturated rings. The lowest BCUT2D eigenvalue weighted by molar-refractivity contribution is -0.127. The first-order valence-corrected chi connectivity index (χ1v) is 10.8. The quantitative estimate of drug-likeness (QED) is 0.607. The van der Waals surface area contributed by atoms with Crippen molar-refractivity contribution >= 4 is 23.6 Å². The van der Waals surface area contributed by atoms with E-state index in [9.17, 15) is 18.4 Å². The SMILES string of the molecule is O=C(NCCc1ccc(OC(F)F)cc1)c1ccccc1SCC(=O)N1CCCC1. The lowest BCUT2D eigenvalue weighted by atomic mass is 10.1. The van der Waals surface area contributed by atoms with Crippen molar-refractivity contribution in [2.75, 3.05) is 25.4 Å². The Hall–Kier alpha value is -2.61. The third kappa shape index (κ3) is 6.45. The maximum atomic E-state index is 12.6. The molecule has 2 aromatic rings. The van der Waals surface area contributed by atoms with Gasteiger partial charge in [0, 0.05) is 24.5 Å². The number of halogens is 2. The predicted octanol–water partition coefficient (Wildman–Crippen LogP) is 3.98. The van der Waals surface area contributed by atoms with E-state index < -0.39 is 6.61 Å². The van der Waals surface area contributed by atoms with Crippen molar-refractivity contribution < 1.29 is 23.1 Å². The standard InChI is InChI=1S/C22H24F2N2O3S/c23-22(24)29-17-9-7-16(8-10-17)11-12-25-21(28)18-5-1-2-6-19(18)30-15-20(27)26-13-3-4-14-26/h1-2,5-10,22H,3-4,11-15H2,(H,25,28). The van der Waals surface area contributed by atoms with Crippen molar-refractivity contribution in [1.82, 2.24) is 10.2 Å². The van der Waals surface area contributed by atoms with Gasteiger partial charge in [0.2, 0.25) is 5.91 Å². The number of ether oxygens (including phenoxy) is 1.